The van der Waals surface area contributed by atoms with Crippen molar-refractivity contribution >= 4 is 34.0 Å². The Balaban J connectivity index is 1.31. The van der Waals surface area contributed by atoms with E-state index in [0.717, 1.165) is 11.1 Å². The second-order valence-electron chi connectivity index (χ2n) is 7.39. The topological polar surface area (TPSA) is 108 Å². The Kier molecular flexibility index (Phi) is 6.18. The minimum atomic E-state index is -0.318. The van der Waals surface area contributed by atoms with Crippen LogP contribution in [0.1, 0.15) is 5.56 Å². The van der Waals surface area contributed by atoms with E-state index in [-0.39, 0.29) is 18.1 Å². The second kappa shape index (κ2) is 9.74. The maximum Gasteiger partial charge on any atom is 0.291 e. The van der Waals surface area contributed by atoms with Crippen LogP contribution in [-0.2, 0) is 4.79 Å². The van der Waals surface area contributed by atoms with Gasteiger partial charge < -0.3 is 14.8 Å². The lowest BCUT2D eigenvalue weighted by Crippen LogP contribution is -2.23. The van der Waals surface area contributed by atoms with E-state index in [1.54, 1.807) is 67.0 Å². The molecule has 2 aromatic carbocycles. The smallest absolute Gasteiger partial charge is 0.291 e. The van der Waals surface area contributed by atoms with E-state index >= 15 is 0 Å². The monoisotopic (exact) mass is 485 g/mol. The number of nitrogens with zero attached hydrogens (tertiary/aromatic N) is 4. The van der Waals surface area contributed by atoms with Gasteiger partial charge in [-0.15, -0.1) is 5.10 Å². The largest absolute Gasteiger partial charge is 0.495 e. The molecule has 0 saturated carbocycles. The average molecular weight is 486 g/mol. The van der Waals surface area contributed by atoms with Gasteiger partial charge in [0.05, 0.1) is 17.3 Å². The van der Waals surface area contributed by atoms with E-state index in [1.165, 1.54) is 23.0 Å². The number of fused-ring (bicyclic) bond motifs is 1. The standard InChI is InChI=1S/C25H19N5O4S/c1-33-20-8-3-2-7-19(20)27-22(31)15-34-18-6-4-5-16(13-18)14-21-24(32)30-25(35-21)28-23(29-30)17-9-11-26-12-10-17/h2-14H,15H2,1H3,(H,27,31)/b21-14-. The van der Waals surface area contributed by atoms with Crippen LogP contribution in [0.5, 0.6) is 11.5 Å². The third-order valence-corrected chi connectivity index (χ3v) is 5.99. The van der Waals surface area contributed by atoms with E-state index < -0.39 is 0 Å². The van der Waals surface area contributed by atoms with Crippen molar-refractivity contribution in [3.8, 4) is 22.9 Å². The number of para-hydroxylation sites is 2. The molecule has 0 saturated heterocycles. The Hall–Kier alpha value is -4.57. The van der Waals surface area contributed by atoms with Crippen LogP contribution in [0, 0.1) is 0 Å². The first-order chi connectivity index (χ1) is 17.1. The number of amides is 1. The van der Waals surface area contributed by atoms with Gasteiger partial charge in [0.1, 0.15) is 11.5 Å². The second-order valence-corrected chi connectivity index (χ2v) is 8.40. The van der Waals surface area contributed by atoms with Crippen molar-refractivity contribution in [1.29, 1.82) is 0 Å². The quantitative estimate of drug-likeness (QED) is 0.378. The maximum atomic E-state index is 12.8. The highest BCUT2D eigenvalue weighted by Gasteiger charge is 2.12. The summed E-state index contributed by atoms with van der Waals surface area (Å²) in [5.41, 5.74) is 1.86. The van der Waals surface area contributed by atoms with Gasteiger partial charge >= 0.3 is 0 Å². The molecular weight excluding hydrogens is 466 g/mol. The lowest BCUT2D eigenvalue weighted by Gasteiger charge is -2.10. The van der Waals surface area contributed by atoms with Gasteiger partial charge in [-0.1, -0.05) is 35.6 Å². The number of nitrogens with one attached hydrogen (secondary N) is 1. The number of anilines is 1. The number of rotatable bonds is 7. The highest BCUT2D eigenvalue weighted by atomic mass is 32.1. The molecule has 3 heterocycles. The van der Waals surface area contributed by atoms with E-state index in [2.05, 4.69) is 20.4 Å². The summed E-state index contributed by atoms with van der Waals surface area (Å²) >= 11 is 1.25. The molecule has 1 amide bonds. The van der Waals surface area contributed by atoms with Gasteiger partial charge in [0.25, 0.3) is 11.5 Å². The number of aromatic nitrogens is 4. The molecule has 9 nitrogen and oxygen atoms in total. The van der Waals surface area contributed by atoms with Crippen LogP contribution < -0.4 is 24.9 Å². The Labute approximate surface area is 203 Å². The lowest BCUT2D eigenvalue weighted by molar-refractivity contribution is -0.118. The molecular formula is C25H19N5O4S. The number of carbonyl (C=O) groups excluding carboxylic acids is 1. The Morgan fingerprint density at radius 1 is 1.11 bits per heavy atom. The summed E-state index contributed by atoms with van der Waals surface area (Å²) in [6, 6.07) is 17.9. The van der Waals surface area contributed by atoms with Gasteiger partial charge in [-0.2, -0.15) is 9.50 Å². The number of hydrogen-bond acceptors (Lipinski definition) is 8. The van der Waals surface area contributed by atoms with Crippen molar-refractivity contribution in [2.45, 2.75) is 0 Å². The van der Waals surface area contributed by atoms with Crippen LogP contribution in [0.2, 0.25) is 0 Å². The van der Waals surface area contributed by atoms with Gasteiger partial charge in [0.15, 0.2) is 12.4 Å². The number of pyridine rings is 1. The van der Waals surface area contributed by atoms with Crippen LogP contribution in [0.4, 0.5) is 5.69 Å². The molecule has 1 N–H and O–H groups in total. The molecule has 0 aliphatic carbocycles. The number of ether oxygens (including phenoxy) is 2. The zero-order valence-corrected chi connectivity index (χ0v) is 19.4. The molecule has 174 valence electrons. The summed E-state index contributed by atoms with van der Waals surface area (Å²) in [7, 11) is 1.54. The Morgan fingerprint density at radius 3 is 2.74 bits per heavy atom. The summed E-state index contributed by atoms with van der Waals surface area (Å²) in [5, 5.41) is 7.10. The Bertz CT molecular complexity index is 1610. The molecule has 0 fully saturated rings. The Morgan fingerprint density at radius 2 is 1.94 bits per heavy atom. The summed E-state index contributed by atoms with van der Waals surface area (Å²) < 4.78 is 12.7. The molecule has 0 spiro atoms. The predicted molar refractivity (Wildman–Crippen MR) is 133 cm³/mol. The van der Waals surface area contributed by atoms with E-state index in [1.807, 2.05) is 12.1 Å². The summed E-state index contributed by atoms with van der Waals surface area (Å²) in [5.74, 6) is 1.22. The molecule has 0 unspecified atom stereocenters. The van der Waals surface area contributed by atoms with E-state index in [0.29, 0.717) is 32.5 Å². The van der Waals surface area contributed by atoms with E-state index in [9.17, 15) is 9.59 Å². The van der Waals surface area contributed by atoms with Crippen molar-refractivity contribution in [3.05, 3.63) is 93.5 Å². The zero-order valence-electron chi connectivity index (χ0n) is 18.5. The molecule has 0 radical (unpaired) electrons. The van der Waals surface area contributed by atoms with Crippen LogP contribution in [-0.4, -0.2) is 39.2 Å². The predicted octanol–water partition coefficient (Wildman–Crippen LogP) is 2.79. The number of benzene rings is 2. The van der Waals surface area contributed by atoms with Gasteiger partial charge in [-0.25, -0.2) is 0 Å². The third-order valence-electron chi connectivity index (χ3n) is 5.03. The first-order valence-electron chi connectivity index (χ1n) is 10.6. The van der Waals surface area contributed by atoms with Crippen molar-refractivity contribution < 1.29 is 14.3 Å². The highest BCUT2D eigenvalue weighted by Crippen LogP contribution is 2.23. The van der Waals surface area contributed by atoms with Gasteiger partial charge in [-0.05, 0) is 48.0 Å². The molecule has 0 bridgehead atoms. The molecule has 0 aliphatic heterocycles. The molecule has 5 aromatic rings. The average Bonchev–Trinajstić information content (AvgIpc) is 3.43. The fourth-order valence-corrected chi connectivity index (χ4v) is 4.29. The molecule has 35 heavy (non-hydrogen) atoms. The van der Waals surface area contributed by atoms with Crippen molar-refractivity contribution in [2.75, 3.05) is 19.0 Å². The fraction of sp³-hybridized carbons (Fsp3) is 0.0800. The number of thiazole rings is 1. The van der Waals surface area contributed by atoms with Crippen molar-refractivity contribution in [3.63, 3.8) is 0 Å². The maximum absolute atomic E-state index is 12.8. The summed E-state index contributed by atoms with van der Waals surface area (Å²) in [6.07, 6.45) is 5.05. The molecule has 3 aromatic heterocycles. The highest BCUT2D eigenvalue weighted by molar-refractivity contribution is 7.15. The van der Waals surface area contributed by atoms with Crippen LogP contribution in [0.25, 0.3) is 22.4 Å². The minimum absolute atomic E-state index is 0.178. The minimum Gasteiger partial charge on any atom is -0.495 e. The van der Waals surface area contributed by atoms with E-state index in [4.69, 9.17) is 9.47 Å². The zero-order chi connectivity index (χ0) is 24.2. The first kappa shape index (κ1) is 22.2. The number of methoxy groups -OCH3 is 1. The normalized spacial score (nSPS) is 11.5. The molecule has 5 rings (SSSR count). The van der Waals surface area contributed by atoms with Crippen molar-refractivity contribution in [1.82, 2.24) is 19.6 Å². The number of carbonyl (C=O) groups is 1. The summed E-state index contributed by atoms with van der Waals surface area (Å²) in [4.78, 5) is 34.1. The first-order valence-corrected chi connectivity index (χ1v) is 11.4. The van der Waals surface area contributed by atoms with Gasteiger partial charge in [0.2, 0.25) is 4.96 Å². The SMILES string of the molecule is COc1ccccc1NC(=O)COc1cccc(/C=c2\sc3nc(-c4ccncc4)nn3c2=O)c1. The molecule has 10 heteroatoms. The molecule has 0 aliphatic rings. The van der Waals surface area contributed by atoms with Crippen LogP contribution in [0.15, 0.2) is 77.9 Å². The molecule has 0 atom stereocenters. The van der Waals surface area contributed by atoms with Crippen LogP contribution in [0.3, 0.4) is 0 Å². The van der Waals surface area contributed by atoms with Gasteiger partial charge in [0, 0.05) is 18.0 Å². The van der Waals surface area contributed by atoms with Crippen molar-refractivity contribution in [2.24, 2.45) is 0 Å². The van der Waals surface area contributed by atoms with Crippen LogP contribution >= 0.6 is 11.3 Å². The fourth-order valence-electron chi connectivity index (χ4n) is 3.39. The summed E-state index contributed by atoms with van der Waals surface area (Å²) in [6.45, 7) is -0.178. The van der Waals surface area contributed by atoms with Gasteiger partial charge in [-0.3, -0.25) is 14.6 Å². The lowest BCUT2D eigenvalue weighted by atomic mass is 10.2. The number of hydrogen-bond donors (Lipinski definition) is 1. The third kappa shape index (κ3) is 4.87.